The van der Waals surface area contributed by atoms with Crippen molar-refractivity contribution in [1.82, 2.24) is 5.32 Å². The average Bonchev–Trinajstić information content (AvgIpc) is 2.74. The van der Waals surface area contributed by atoms with Gasteiger partial charge in [-0.25, -0.2) is 0 Å². The molecule has 0 spiro atoms. The van der Waals surface area contributed by atoms with Gasteiger partial charge in [0.2, 0.25) is 0 Å². The highest BCUT2D eigenvalue weighted by Crippen LogP contribution is 2.30. The molecule has 0 aromatic heterocycles. The van der Waals surface area contributed by atoms with Gasteiger partial charge in [0.15, 0.2) is 0 Å². The molecule has 0 bridgehead atoms. The van der Waals surface area contributed by atoms with Crippen LogP contribution in [0.3, 0.4) is 0 Å². The first kappa shape index (κ1) is 11.8. The van der Waals surface area contributed by atoms with E-state index in [4.69, 9.17) is 0 Å². The minimum Gasteiger partial charge on any atom is -0.310 e. The number of rotatable bonds is 3. The number of hydrogen-bond acceptors (Lipinski definition) is 2. The molecule has 1 saturated carbocycles. The Hall–Kier alpha value is 0.310. The third-order valence-corrected chi connectivity index (χ3v) is 5.57. The summed E-state index contributed by atoms with van der Waals surface area (Å²) in [5, 5.41) is 4.71. The quantitative estimate of drug-likeness (QED) is 0.792. The summed E-state index contributed by atoms with van der Waals surface area (Å²) in [4.78, 5) is 0. The summed E-state index contributed by atoms with van der Waals surface area (Å²) in [7, 11) is 0. The van der Waals surface area contributed by atoms with Crippen molar-refractivity contribution in [2.24, 2.45) is 5.92 Å². The van der Waals surface area contributed by atoms with Crippen LogP contribution in [0.25, 0.3) is 0 Å². The van der Waals surface area contributed by atoms with E-state index in [-0.39, 0.29) is 0 Å². The molecule has 1 aliphatic carbocycles. The predicted molar refractivity (Wildman–Crippen MR) is 69.5 cm³/mol. The maximum atomic E-state index is 3.89. The summed E-state index contributed by atoms with van der Waals surface area (Å²) in [5.41, 5.74) is 0. The van der Waals surface area contributed by atoms with E-state index in [0.717, 1.165) is 23.3 Å². The van der Waals surface area contributed by atoms with Crippen LogP contribution in [-0.2, 0) is 0 Å². The van der Waals surface area contributed by atoms with E-state index >= 15 is 0 Å². The Bertz CT molecular complexity index is 189. The molecule has 2 aliphatic rings. The smallest absolute Gasteiger partial charge is 0.0186 e. The second-order valence-electron chi connectivity index (χ2n) is 5.32. The van der Waals surface area contributed by atoms with E-state index in [1.165, 1.54) is 44.3 Å². The Morgan fingerprint density at radius 3 is 2.53 bits per heavy atom. The van der Waals surface area contributed by atoms with Crippen LogP contribution < -0.4 is 5.32 Å². The second kappa shape index (κ2) is 5.58. The van der Waals surface area contributed by atoms with E-state index in [9.17, 15) is 0 Å². The summed E-state index contributed by atoms with van der Waals surface area (Å²) in [6.45, 7) is 4.80. The third kappa shape index (κ3) is 3.13. The van der Waals surface area contributed by atoms with Gasteiger partial charge >= 0.3 is 0 Å². The molecule has 1 saturated heterocycles. The van der Waals surface area contributed by atoms with Crippen molar-refractivity contribution in [3.63, 3.8) is 0 Å². The van der Waals surface area contributed by atoms with E-state index in [0.29, 0.717) is 0 Å². The Morgan fingerprint density at radius 2 is 1.87 bits per heavy atom. The fraction of sp³-hybridized carbons (Fsp3) is 1.00. The SMILES string of the molecule is CC1SCCCC1N[C@@H](C)C1CCCC1. The molecule has 2 rings (SSSR count). The molecule has 1 N–H and O–H groups in total. The standard InChI is InChI=1S/C13H25NS/c1-10(12-6-3-4-7-12)14-13-8-5-9-15-11(13)2/h10-14H,3-9H2,1-2H3/t10-,11?,13?/m0/s1. The highest BCUT2D eigenvalue weighted by atomic mass is 32.2. The van der Waals surface area contributed by atoms with Gasteiger partial charge in [0, 0.05) is 17.3 Å². The zero-order valence-corrected chi connectivity index (χ0v) is 11.0. The van der Waals surface area contributed by atoms with E-state index in [1.807, 2.05) is 0 Å². The third-order valence-electron chi connectivity index (χ3n) is 4.19. The molecule has 15 heavy (non-hydrogen) atoms. The summed E-state index contributed by atoms with van der Waals surface area (Å²) in [6, 6.07) is 1.53. The van der Waals surface area contributed by atoms with Crippen LogP contribution in [0.5, 0.6) is 0 Å². The van der Waals surface area contributed by atoms with Crippen molar-refractivity contribution in [2.75, 3.05) is 5.75 Å². The Labute approximate surface area is 98.8 Å². The number of hydrogen-bond donors (Lipinski definition) is 1. The van der Waals surface area contributed by atoms with Gasteiger partial charge < -0.3 is 5.32 Å². The van der Waals surface area contributed by atoms with Gasteiger partial charge in [-0.05, 0) is 44.3 Å². The minimum atomic E-state index is 0.749. The lowest BCUT2D eigenvalue weighted by molar-refractivity contribution is 0.325. The zero-order chi connectivity index (χ0) is 10.7. The van der Waals surface area contributed by atoms with Crippen LogP contribution in [0, 0.1) is 5.92 Å². The monoisotopic (exact) mass is 227 g/mol. The fourth-order valence-corrected chi connectivity index (χ4v) is 4.23. The van der Waals surface area contributed by atoms with E-state index in [2.05, 4.69) is 30.9 Å². The molecule has 2 fully saturated rings. The molecule has 3 atom stereocenters. The van der Waals surface area contributed by atoms with Gasteiger partial charge in [0.05, 0.1) is 0 Å². The molecule has 0 radical (unpaired) electrons. The lowest BCUT2D eigenvalue weighted by atomic mass is 9.97. The maximum Gasteiger partial charge on any atom is 0.0186 e. The molecule has 2 heteroatoms. The van der Waals surface area contributed by atoms with Crippen molar-refractivity contribution >= 4 is 11.8 Å². The van der Waals surface area contributed by atoms with Crippen LogP contribution >= 0.6 is 11.8 Å². The first-order valence-electron chi connectivity index (χ1n) is 6.65. The summed E-state index contributed by atoms with van der Waals surface area (Å²) in [5.74, 6) is 2.33. The summed E-state index contributed by atoms with van der Waals surface area (Å²) >= 11 is 2.15. The lowest BCUT2D eigenvalue weighted by Crippen LogP contribution is -2.46. The molecule has 0 aromatic carbocycles. The average molecular weight is 227 g/mol. The fourth-order valence-electron chi connectivity index (χ4n) is 3.07. The lowest BCUT2D eigenvalue weighted by Gasteiger charge is -2.33. The molecule has 1 aliphatic heterocycles. The van der Waals surface area contributed by atoms with Gasteiger partial charge in [-0.15, -0.1) is 0 Å². The van der Waals surface area contributed by atoms with Crippen molar-refractivity contribution < 1.29 is 0 Å². The minimum absolute atomic E-state index is 0.749. The Kier molecular flexibility index (Phi) is 4.39. The van der Waals surface area contributed by atoms with Crippen molar-refractivity contribution in [1.29, 1.82) is 0 Å². The molecule has 2 unspecified atom stereocenters. The van der Waals surface area contributed by atoms with Gasteiger partial charge in [-0.3, -0.25) is 0 Å². The highest BCUT2D eigenvalue weighted by molar-refractivity contribution is 7.99. The first-order valence-corrected chi connectivity index (χ1v) is 7.70. The van der Waals surface area contributed by atoms with Crippen LogP contribution in [0.4, 0.5) is 0 Å². The Balaban J connectivity index is 1.78. The Morgan fingerprint density at radius 1 is 1.13 bits per heavy atom. The normalized spacial score (nSPS) is 35.6. The maximum absolute atomic E-state index is 3.89. The van der Waals surface area contributed by atoms with Gasteiger partial charge in [0.1, 0.15) is 0 Å². The molecule has 0 amide bonds. The van der Waals surface area contributed by atoms with Crippen molar-refractivity contribution in [3.8, 4) is 0 Å². The molecule has 0 aromatic rings. The van der Waals surface area contributed by atoms with Gasteiger partial charge in [0.25, 0.3) is 0 Å². The number of thioether (sulfide) groups is 1. The summed E-state index contributed by atoms with van der Waals surface area (Å²) < 4.78 is 0. The van der Waals surface area contributed by atoms with Crippen LogP contribution in [0.1, 0.15) is 52.4 Å². The zero-order valence-electron chi connectivity index (χ0n) is 10.2. The van der Waals surface area contributed by atoms with E-state index < -0.39 is 0 Å². The van der Waals surface area contributed by atoms with Crippen LogP contribution in [-0.4, -0.2) is 23.1 Å². The largest absolute Gasteiger partial charge is 0.310 e. The molecule has 1 heterocycles. The predicted octanol–water partition coefficient (Wildman–Crippen LogP) is 3.44. The first-order chi connectivity index (χ1) is 7.27. The topological polar surface area (TPSA) is 12.0 Å². The van der Waals surface area contributed by atoms with Gasteiger partial charge in [-0.1, -0.05) is 19.8 Å². The van der Waals surface area contributed by atoms with Gasteiger partial charge in [-0.2, -0.15) is 11.8 Å². The summed E-state index contributed by atoms with van der Waals surface area (Å²) in [6.07, 6.45) is 8.65. The molecular weight excluding hydrogens is 202 g/mol. The van der Waals surface area contributed by atoms with Crippen LogP contribution in [0.15, 0.2) is 0 Å². The van der Waals surface area contributed by atoms with Crippen molar-refractivity contribution in [3.05, 3.63) is 0 Å². The van der Waals surface area contributed by atoms with E-state index in [1.54, 1.807) is 0 Å². The number of nitrogens with one attached hydrogen (secondary N) is 1. The van der Waals surface area contributed by atoms with Crippen molar-refractivity contribution in [2.45, 2.75) is 69.7 Å². The molecule has 88 valence electrons. The van der Waals surface area contributed by atoms with Crippen LogP contribution in [0.2, 0.25) is 0 Å². The second-order valence-corrected chi connectivity index (χ2v) is 6.81. The molecule has 1 nitrogen and oxygen atoms in total. The molecular formula is C13H25NS. The highest BCUT2D eigenvalue weighted by Gasteiger charge is 2.27.